The van der Waals surface area contributed by atoms with Crippen LogP contribution in [0.5, 0.6) is 0 Å². The fraction of sp³-hybridized carbons (Fsp3) is 0.235. The quantitative estimate of drug-likeness (QED) is 0.772. The van der Waals surface area contributed by atoms with Gasteiger partial charge in [-0.15, -0.1) is 0 Å². The van der Waals surface area contributed by atoms with E-state index in [0.717, 1.165) is 12.0 Å². The van der Waals surface area contributed by atoms with Gasteiger partial charge in [-0.3, -0.25) is 4.72 Å². The Balaban J connectivity index is 1.86. The van der Waals surface area contributed by atoms with Gasteiger partial charge in [-0.05, 0) is 42.2 Å². The van der Waals surface area contributed by atoms with Gasteiger partial charge in [0.15, 0.2) is 11.4 Å². The van der Waals surface area contributed by atoms with Gasteiger partial charge in [-0.1, -0.05) is 43.3 Å². The van der Waals surface area contributed by atoms with Gasteiger partial charge < -0.3 is 4.52 Å². The van der Waals surface area contributed by atoms with Gasteiger partial charge in [0.25, 0.3) is 10.0 Å². The Labute approximate surface area is 135 Å². The highest BCUT2D eigenvalue weighted by molar-refractivity contribution is 7.92. The fourth-order valence-corrected chi connectivity index (χ4v) is 3.44. The SMILES string of the molecule is CC(C)Cc1ccc(S(=O)(=O)Nc2noc3ccccc23)cc1. The molecular weight excluding hydrogens is 312 g/mol. The van der Waals surface area contributed by atoms with Crippen molar-refractivity contribution in [2.75, 3.05) is 4.72 Å². The van der Waals surface area contributed by atoms with Crippen molar-refractivity contribution >= 4 is 26.8 Å². The first kappa shape index (κ1) is 15.6. The Kier molecular flexibility index (Phi) is 4.09. The van der Waals surface area contributed by atoms with Gasteiger partial charge in [-0.2, -0.15) is 0 Å². The number of anilines is 1. The molecule has 0 bridgehead atoms. The number of rotatable bonds is 5. The van der Waals surface area contributed by atoms with Crippen molar-refractivity contribution in [2.24, 2.45) is 5.92 Å². The second-order valence-corrected chi connectivity index (χ2v) is 7.56. The van der Waals surface area contributed by atoms with Crippen LogP contribution in [0, 0.1) is 5.92 Å². The number of nitrogens with one attached hydrogen (secondary N) is 1. The molecule has 1 N–H and O–H groups in total. The summed E-state index contributed by atoms with van der Waals surface area (Å²) in [5, 5.41) is 4.43. The number of sulfonamides is 1. The van der Waals surface area contributed by atoms with E-state index in [1.165, 1.54) is 0 Å². The lowest BCUT2D eigenvalue weighted by atomic mass is 10.0. The van der Waals surface area contributed by atoms with Crippen molar-refractivity contribution in [1.29, 1.82) is 0 Å². The van der Waals surface area contributed by atoms with Gasteiger partial charge in [0, 0.05) is 0 Å². The number of para-hydroxylation sites is 1. The van der Waals surface area contributed by atoms with E-state index in [4.69, 9.17) is 4.52 Å². The molecule has 0 atom stereocenters. The predicted octanol–water partition coefficient (Wildman–Crippen LogP) is 3.83. The van der Waals surface area contributed by atoms with Gasteiger partial charge >= 0.3 is 0 Å². The van der Waals surface area contributed by atoms with Crippen molar-refractivity contribution < 1.29 is 12.9 Å². The maximum atomic E-state index is 12.5. The second-order valence-electron chi connectivity index (χ2n) is 5.87. The zero-order valence-electron chi connectivity index (χ0n) is 13.0. The van der Waals surface area contributed by atoms with E-state index < -0.39 is 10.0 Å². The van der Waals surface area contributed by atoms with Gasteiger partial charge in [0.2, 0.25) is 0 Å². The molecule has 0 saturated carbocycles. The maximum Gasteiger partial charge on any atom is 0.263 e. The molecule has 3 aromatic rings. The van der Waals surface area contributed by atoms with Crippen LogP contribution in [0.15, 0.2) is 57.9 Å². The third-order valence-electron chi connectivity index (χ3n) is 3.49. The van der Waals surface area contributed by atoms with E-state index >= 15 is 0 Å². The second kappa shape index (κ2) is 6.04. The zero-order valence-corrected chi connectivity index (χ0v) is 13.8. The molecule has 0 amide bonds. The number of aromatic nitrogens is 1. The highest BCUT2D eigenvalue weighted by Crippen LogP contribution is 2.25. The molecule has 2 aromatic carbocycles. The Hall–Kier alpha value is -2.34. The summed E-state index contributed by atoms with van der Waals surface area (Å²) in [6.45, 7) is 4.25. The summed E-state index contributed by atoms with van der Waals surface area (Å²) in [5.74, 6) is 0.726. The summed E-state index contributed by atoms with van der Waals surface area (Å²) in [5.41, 5.74) is 1.66. The number of benzene rings is 2. The highest BCUT2D eigenvalue weighted by atomic mass is 32.2. The van der Waals surface area contributed by atoms with E-state index in [9.17, 15) is 8.42 Å². The summed E-state index contributed by atoms with van der Waals surface area (Å²) in [4.78, 5) is 0.206. The molecular formula is C17H18N2O3S. The first-order valence-corrected chi connectivity index (χ1v) is 8.90. The molecule has 0 fully saturated rings. The van der Waals surface area contributed by atoms with Crippen LogP contribution in [0.4, 0.5) is 5.82 Å². The molecule has 0 aliphatic rings. The van der Waals surface area contributed by atoms with Crippen LogP contribution in [-0.4, -0.2) is 13.6 Å². The third-order valence-corrected chi connectivity index (χ3v) is 4.84. The maximum absolute atomic E-state index is 12.5. The molecule has 0 aliphatic heterocycles. The van der Waals surface area contributed by atoms with Crippen LogP contribution in [0.3, 0.4) is 0 Å². The molecule has 1 aromatic heterocycles. The van der Waals surface area contributed by atoms with Crippen LogP contribution in [0.2, 0.25) is 0 Å². The molecule has 0 radical (unpaired) electrons. The standard InChI is InChI=1S/C17H18N2O3S/c1-12(2)11-13-7-9-14(10-8-13)23(20,21)19-17-15-5-3-4-6-16(15)22-18-17/h3-10,12H,11H2,1-2H3,(H,18,19). The molecule has 0 unspecified atom stereocenters. The molecule has 120 valence electrons. The molecule has 5 nitrogen and oxygen atoms in total. The van der Waals surface area contributed by atoms with Crippen LogP contribution >= 0.6 is 0 Å². The Morgan fingerprint density at radius 2 is 1.78 bits per heavy atom. The average molecular weight is 330 g/mol. The van der Waals surface area contributed by atoms with Crippen molar-refractivity contribution in [2.45, 2.75) is 25.2 Å². The van der Waals surface area contributed by atoms with Crippen LogP contribution < -0.4 is 4.72 Å². The molecule has 1 heterocycles. The average Bonchev–Trinajstić information content (AvgIpc) is 2.90. The van der Waals surface area contributed by atoms with Crippen molar-refractivity contribution in [3.8, 4) is 0 Å². The minimum Gasteiger partial charge on any atom is -0.354 e. The van der Waals surface area contributed by atoms with Crippen LogP contribution in [0.25, 0.3) is 11.0 Å². The summed E-state index contributed by atoms with van der Waals surface area (Å²) in [7, 11) is -3.69. The van der Waals surface area contributed by atoms with E-state index in [-0.39, 0.29) is 10.7 Å². The van der Waals surface area contributed by atoms with E-state index in [1.54, 1.807) is 36.4 Å². The monoisotopic (exact) mass is 330 g/mol. The Morgan fingerprint density at radius 3 is 2.48 bits per heavy atom. The van der Waals surface area contributed by atoms with Gasteiger partial charge in [0.1, 0.15) is 0 Å². The van der Waals surface area contributed by atoms with E-state index in [0.29, 0.717) is 16.9 Å². The minimum atomic E-state index is -3.69. The summed E-state index contributed by atoms with van der Waals surface area (Å²) in [6, 6.07) is 14.0. The van der Waals surface area contributed by atoms with Crippen LogP contribution in [0.1, 0.15) is 19.4 Å². The summed E-state index contributed by atoms with van der Waals surface area (Å²) < 4.78 is 32.6. The third kappa shape index (κ3) is 3.37. The Bertz CT molecular complexity index is 912. The molecule has 3 rings (SSSR count). The van der Waals surface area contributed by atoms with E-state index in [1.807, 2.05) is 12.1 Å². The lowest BCUT2D eigenvalue weighted by molar-refractivity contribution is 0.460. The summed E-state index contributed by atoms with van der Waals surface area (Å²) >= 11 is 0. The zero-order chi connectivity index (χ0) is 16.4. The number of hydrogen-bond donors (Lipinski definition) is 1. The highest BCUT2D eigenvalue weighted by Gasteiger charge is 2.18. The van der Waals surface area contributed by atoms with E-state index in [2.05, 4.69) is 23.7 Å². The molecule has 0 saturated heterocycles. The van der Waals surface area contributed by atoms with Gasteiger partial charge in [-0.25, -0.2) is 8.42 Å². The number of nitrogens with zero attached hydrogens (tertiary/aromatic N) is 1. The van der Waals surface area contributed by atoms with Gasteiger partial charge in [0.05, 0.1) is 10.3 Å². The van der Waals surface area contributed by atoms with Crippen LogP contribution in [-0.2, 0) is 16.4 Å². The molecule has 0 aliphatic carbocycles. The number of fused-ring (bicyclic) bond motifs is 1. The molecule has 6 heteroatoms. The fourth-order valence-electron chi connectivity index (χ4n) is 2.42. The smallest absolute Gasteiger partial charge is 0.263 e. The van der Waals surface area contributed by atoms with Crippen molar-refractivity contribution in [3.63, 3.8) is 0 Å². The summed E-state index contributed by atoms with van der Waals surface area (Å²) in [6.07, 6.45) is 0.918. The predicted molar refractivity (Wildman–Crippen MR) is 89.8 cm³/mol. The lowest BCUT2D eigenvalue weighted by Crippen LogP contribution is -2.13. The minimum absolute atomic E-state index is 0.201. The number of hydrogen-bond acceptors (Lipinski definition) is 4. The van der Waals surface area contributed by atoms with Crippen molar-refractivity contribution in [3.05, 3.63) is 54.1 Å². The lowest BCUT2D eigenvalue weighted by Gasteiger charge is -2.08. The topological polar surface area (TPSA) is 72.2 Å². The first-order valence-electron chi connectivity index (χ1n) is 7.42. The van der Waals surface area contributed by atoms with Crippen molar-refractivity contribution in [1.82, 2.24) is 5.16 Å². The largest absolute Gasteiger partial charge is 0.354 e. The molecule has 23 heavy (non-hydrogen) atoms. The Morgan fingerprint density at radius 1 is 1.09 bits per heavy atom. The first-order chi connectivity index (χ1) is 11.0. The molecule has 0 spiro atoms. The normalized spacial score (nSPS) is 12.0.